The molecular weight excluding hydrogens is 236 g/mol. The highest BCUT2D eigenvalue weighted by Gasteiger charge is 2.01. The molecule has 0 amide bonds. The second-order valence-electron chi connectivity index (χ2n) is 5.64. The van der Waals surface area contributed by atoms with Gasteiger partial charge in [0.15, 0.2) is 0 Å². The molecule has 1 N–H and O–H groups in total. The summed E-state index contributed by atoms with van der Waals surface area (Å²) in [5, 5.41) is 3.50. The molecule has 19 heavy (non-hydrogen) atoms. The molecule has 0 aromatic heterocycles. The van der Waals surface area contributed by atoms with Gasteiger partial charge in [-0.1, -0.05) is 33.6 Å². The SMILES string of the molecule is CCOCCN(CC)CCCCCCNCC(C)C. The highest BCUT2D eigenvalue weighted by Crippen LogP contribution is 2.01. The monoisotopic (exact) mass is 272 g/mol. The lowest BCUT2D eigenvalue weighted by atomic mass is 10.1. The molecule has 0 atom stereocenters. The number of nitrogens with one attached hydrogen (secondary N) is 1. The summed E-state index contributed by atoms with van der Waals surface area (Å²) in [6.07, 6.45) is 5.35. The Hall–Kier alpha value is -0.120. The molecule has 0 unspecified atom stereocenters. The van der Waals surface area contributed by atoms with Crippen LogP contribution in [0.25, 0.3) is 0 Å². The van der Waals surface area contributed by atoms with E-state index < -0.39 is 0 Å². The van der Waals surface area contributed by atoms with Crippen LogP contribution in [0.3, 0.4) is 0 Å². The maximum atomic E-state index is 5.41. The average molecular weight is 272 g/mol. The summed E-state index contributed by atoms with van der Waals surface area (Å²) >= 11 is 0. The number of hydrogen-bond acceptors (Lipinski definition) is 3. The van der Waals surface area contributed by atoms with Gasteiger partial charge in [-0.3, -0.25) is 0 Å². The fraction of sp³-hybridized carbons (Fsp3) is 1.00. The van der Waals surface area contributed by atoms with Gasteiger partial charge in [-0.05, 0) is 51.9 Å². The Bertz CT molecular complexity index is 174. The Morgan fingerprint density at radius 2 is 1.74 bits per heavy atom. The quantitative estimate of drug-likeness (QED) is 0.492. The zero-order valence-corrected chi connectivity index (χ0v) is 13.7. The zero-order chi connectivity index (χ0) is 14.3. The smallest absolute Gasteiger partial charge is 0.0593 e. The van der Waals surface area contributed by atoms with Crippen LogP contribution in [0.1, 0.15) is 53.4 Å². The Balaban J connectivity index is 3.26. The minimum atomic E-state index is 0.767. The summed E-state index contributed by atoms with van der Waals surface area (Å²) in [5.41, 5.74) is 0. The first-order valence-corrected chi connectivity index (χ1v) is 8.21. The van der Waals surface area contributed by atoms with E-state index in [2.05, 4.69) is 37.9 Å². The maximum absolute atomic E-state index is 5.41. The van der Waals surface area contributed by atoms with E-state index in [1.165, 1.54) is 38.8 Å². The number of ether oxygens (including phenoxy) is 1. The molecule has 0 spiro atoms. The first-order chi connectivity index (χ1) is 9.20. The van der Waals surface area contributed by atoms with Crippen molar-refractivity contribution in [1.29, 1.82) is 0 Å². The first kappa shape index (κ1) is 18.9. The minimum absolute atomic E-state index is 0.767. The number of likely N-dealkylation sites (N-methyl/N-ethyl adjacent to an activating group) is 1. The molecule has 0 aromatic rings. The summed E-state index contributed by atoms with van der Waals surface area (Å²) in [6.45, 7) is 16.3. The lowest BCUT2D eigenvalue weighted by Gasteiger charge is -2.19. The number of hydrogen-bond donors (Lipinski definition) is 1. The third-order valence-corrected chi connectivity index (χ3v) is 3.33. The van der Waals surface area contributed by atoms with E-state index in [4.69, 9.17) is 4.74 Å². The van der Waals surface area contributed by atoms with Crippen molar-refractivity contribution in [3.05, 3.63) is 0 Å². The summed E-state index contributed by atoms with van der Waals surface area (Å²) in [4.78, 5) is 2.49. The maximum Gasteiger partial charge on any atom is 0.0593 e. The van der Waals surface area contributed by atoms with Crippen molar-refractivity contribution in [2.24, 2.45) is 5.92 Å². The van der Waals surface area contributed by atoms with Crippen molar-refractivity contribution in [1.82, 2.24) is 10.2 Å². The first-order valence-electron chi connectivity index (χ1n) is 8.21. The van der Waals surface area contributed by atoms with Gasteiger partial charge in [-0.2, -0.15) is 0 Å². The molecule has 0 heterocycles. The summed E-state index contributed by atoms with van der Waals surface area (Å²) in [5.74, 6) is 0.767. The normalized spacial score (nSPS) is 11.7. The Kier molecular flexibility index (Phi) is 14.2. The lowest BCUT2D eigenvalue weighted by Crippen LogP contribution is -2.28. The topological polar surface area (TPSA) is 24.5 Å². The van der Waals surface area contributed by atoms with Gasteiger partial charge in [0.25, 0.3) is 0 Å². The van der Waals surface area contributed by atoms with E-state index in [1.807, 2.05) is 0 Å². The van der Waals surface area contributed by atoms with Crippen molar-refractivity contribution in [3.8, 4) is 0 Å². The molecule has 0 aromatic carbocycles. The van der Waals surface area contributed by atoms with Crippen molar-refractivity contribution in [3.63, 3.8) is 0 Å². The Labute approximate surface area is 121 Å². The van der Waals surface area contributed by atoms with E-state index >= 15 is 0 Å². The third-order valence-electron chi connectivity index (χ3n) is 3.33. The van der Waals surface area contributed by atoms with E-state index in [-0.39, 0.29) is 0 Å². The highest BCUT2D eigenvalue weighted by molar-refractivity contribution is 4.57. The minimum Gasteiger partial charge on any atom is -0.380 e. The number of unbranched alkanes of at least 4 members (excludes halogenated alkanes) is 3. The molecule has 0 aliphatic carbocycles. The van der Waals surface area contributed by atoms with Crippen LogP contribution in [0.2, 0.25) is 0 Å². The average Bonchev–Trinajstić information content (AvgIpc) is 2.39. The Morgan fingerprint density at radius 1 is 1.00 bits per heavy atom. The van der Waals surface area contributed by atoms with Gasteiger partial charge in [0, 0.05) is 13.2 Å². The van der Waals surface area contributed by atoms with E-state index in [1.54, 1.807) is 0 Å². The molecule has 0 rings (SSSR count). The van der Waals surface area contributed by atoms with Gasteiger partial charge in [0.1, 0.15) is 0 Å². The predicted octanol–water partition coefficient (Wildman–Crippen LogP) is 3.15. The lowest BCUT2D eigenvalue weighted by molar-refractivity contribution is 0.114. The largest absolute Gasteiger partial charge is 0.380 e. The van der Waals surface area contributed by atoms with Crippen molar-refractivity contribution < 1.29 is 4.74 Å². The second-order valence-corrected chi connectivity index (χ2v) is 5.64. The fourth-order valence-electron chi connectivity index (χ4n) is 2.10. The van der Waals surface area contributed by atoms with Crippen molar-refractivity contribution in [2.75, 3.05) is 45.9 Å². The van der Waals surface area contributed by atoms with Crippen LogP contribution in [-0.4, -0.2) is 50.8 Å². The van der Waals surface area contributed by atoms with Crippen LogP contribution in [0, 0.1) is 5.92 Å². The van der Waals surface area contributed by atoms with E-state index in [0.29, 0.717) is 0 Å². The number of nitrogens with zero attached hydrogens (tertiary/aromatic N) is 1. The highest BCUT2D eigenvalue weighted by atomic mass is 16.5. The van der Waals surface area contributed by atoms with E-state index in [0.717, 1.165) is 38.8 Å². The molecule has 0 bridgehead atoms. The Morgan fingerprint density at radius 3 is 2.37 bits per heavy atom. The molecule has 0 saturated heterocycles. The van der Waals surface area contributed by atoms with Gasteiger partial charge < -0.3 is 15.0 Å². The van der Waals surface area contributed by atoms with Gasteiger partial charge >= 0.3 is 0 Å². The van der Waals surface area contributed by atoms with Crippen molar-refractivity contribution >= 4 is 0 Å². The van der Waals surface area contributed by atoms with Gasteiger partial charge in [0.05, 0.1) is 6.61 Å². The van der Waals surface area contributed by atoms with Crippen LogP contribution in [0.4, 0.5) is 0 Å². The molecular formula is C16H36N2O. The van der Waals surface area contributed by atoms with Crippen LogP contribution in [-0.2, 0) is 4.74 Å². The van der Waals surface area contributed by atoms with Gasteiger partial charge in [-0.25, -0.2) is 0 Å². The molecule has 0 aliphatic heterocycles. The third kappa shape index (κ3) is 14.1. The predicted molar refractivity (Wildman–Crippen MR) is 84.8 cm³/mol. The summed E-state index contributed by atoms with van der Waals surface area (Å²) < 4.78 is 5.41. The van der Waals surface area contributed by atoms with Crippen LogP contribution >= 0.6 is 0 Å². The molecule has 0 radical (unpaired) electrons. The molecule has 0 saturated carbocycles. The molecule has 116 valence electrons. The second kappa shape index (κ2) is 14.3. The molecule has 3 heteroatoms. The zero-order valence-electron chi connectivity index (χ0n) is 13.7. The van der Waals surface area contributed by atoms with E-state index in [9.17, 15) is 0 Å². The van der Waals surface area contributed by atoms with Crippen LogP contribution < -0.4 is 5.32 Å². The summed E-state index contributed by atoms with van der Waals surface area (Å²) in [6, 6.07) is 0. The van der Waals surface area contributed by atoms with Crippen molar-refractivity contribution in [2.45, 2.75) is 53.4 Å². The van der Waals surface area contributed by atoms with Gasteiger partial charge in [-0.15, -0.1) is 0 Å². The molecule has 0 fully saturated rings. The molecule has 3 nitrogen and oxygen atoms in total. The fourth-order valence-corrected chi connectivity index (χ4v) is 2.10. The molecule has 0 aliphatic rings. The summed E-state index contributed by atoms with van der Waals surface area (Å²) in [7, 11) is 0. The van der Waals surface area contributed by atoms with Crippen LogP contribution in [0.5, 0.6) is 0 Å². The van der Waals surface area contributed by atoms with Crippen LogP contribution in [0.15, 0.2) is 0 Å². The standard InChI is InChI=1S/C16H36N2O/c1-5-18(13-14-19-6-2)12-10-8-7-9-11-17-15-16(3)4/h16-17H,5-15H2,1-4H3. The van der Waals surface area contributed by atoms with Gasteiger partial charge in [0.2, 0.25) is 0 Å². The number of rotatable bonds is 14.